The number of benzene rings is 2. The molecule has 1 atom stereocenters. The molecule has 0 saturated carbocycles. The van der Waals surface area contributed by atoms with Gasteiger partial charge in [0.05, 0.1) is 11.3 Å². The third-order valence-corrected chi connectivity index (χ3v) is 4.58. The van der Waals surface area contributed by atoms with E-state index in [1.165, 1.54) is 31.2 Å². The van der Waals surface area contributed by atoms with Crippen LogP contribution < -0.4 is 0 Å². The maximum atomic E-state index is 13.8. The Bertz CT molecular complexity index is 927. The van der Waals surface area contributed by atoms with E-state index in [0.717, 1.165) is 12.1 Å². The Morgan fingerprint density at radius 1 is 1.11 bits per heavy atom. The highest BCUT2D eigenvalue weighted by Crippen LogP contribution is 2.44. The van der Waals surface area contributed by atoms with Gasteiger partial charge in [0.15, 0.2) is 5.60 Å². The van der Waals surface area contributed by atoms with Crippen molar-refractivity contribution in [3.63, 3.8) is 0 Å². The summed E-state index contributed by atoms with van der Waals surface area (Å²) in [5.74, 6) is -1.22. The van der Waals surface area contributed by atoms with E-state index in [1.54, 1.807) is 0 Å². The number of carbonyl (C=O) groups is 1. The monoisotopic (exact) mass is 435 g/mol. The van der Waals surface area contributed by atoms with Crippen molar-refractivity contribution in [2.24, 2.45) is 5.16 Å². The summed E-state index contributed by atoms with van der Waals surface area (Å²) in [5.41, 5.74) is -4.39. The molecule has 0 radical (unpaired) electrons. The van der Waals surface area contributed by atoms with Crippen molar-refractivity contribution in [2.75, 3.05) is 0 Å². The van der Waals surface area contributed by atoms with Crippen LogP contribution in [0.15, 0.2) is 41.6 Å². The van der Waals surface area contributed by atoms with Gasteiger partial charge in [-0.25, -0.2) is 4.79 Å². The second kappa shape index (κ2) is 7.98. The first-order valence-electron chi connectivity index (χ1n) is 7.70. The molecule has 28 heavy (non-hydrogen) atoms. The standard InChI is InChI=1S/C18H14Cl2F3NO4/c1-9-4-10(2-3-14(9)16(25)26)15(24-28)8-17(27,18(21,22)23)11-5-12(19)7-13(20)6-11/h2-7,27-28H,8H2,1H3,(H,25,26)/b24-15-. The Kier molecular flexibility index (Phi) is 6.27. The van der Waals surface area contributed by atoms with Gasteiger partial charge in [0.1, 0.15) is 0 Å². The highest BCUT2D eigenvalue weighted by molar-refractivity contribution is 6.34. The fourth-order valence-electron chi connectivity index (χ4n) is 2.68. The SMILES string of the molecule is Cc1cc(/C(CC(O)(c2cc(Cl)cc(Cl)c2)C(F)(F)F)=N\O)ccc1C(=O)O. The lowest BCUT2D eigenvalue weighted by Crippen LogP contribution is -2.44. The molecule has 0 bridgehead atoms. The molecule has 10 heteroatoms. The summed E-state index contributed by atoms with van der Waals surface area (Å²) < 4.78 is 41.3. The van der Waals surface area contributed by atoms with Crippen LogP contribution in [0.4, 0.5) is 13.2 Å². The lowest BCUT2D eigenvalue weighted by Gasteiger charge is -2.31. The molecule has 0 aliphatic rings. The second-order valence-electron chi connectivity index (χ2n) is 6.07. The molecule has 2 aromatic rings. The first kappa shape index (κ1) is 22.0. The largest absolute Gasteiger partial charge is 0.478 e. The number of nitrogens with zero attached hydrogens (tertiary/aromatic N) is 1. The lowest BCUT2D eigenvalue weighted by atomic mass is 9.85. The minimum atomic E-state index is -5.16. The fraction of sp³-hybridized carbons (Fsp3) is 0.222. The van der Waals surface area contributed by atoms with Crippen LogP contribution in [0.2, 0.25) is 10.0 Å². The van der Waals surface area contributed by atoms with Crippen LogP contribution in [0.25, 0.3) is 0 Å². The van der Waals surface area contributed by atoms with Gasteiger partial charge in [-0.15, -0.1) is 0 Å². The number of carboxylic acids is 1. The number of oxime groups is 1. The summed E-state index contributed by atoms with van der Waals surface area (Å²) in [7, 11) is 0. The van der Waals surface area contributed by atoms with Gasteiger partial charge in [-0.05, 0) is 53.9 Å². The van der Waals surface area contributed by atoms with Crippen LogP contribution in [0.1, 0.15) is 33.5 Å². The average Bonchev–Trinajstić information content (AvgIpc) is 2.57. The molecule has 0 aliphatic heterocycles. The third-order valence-electron chi connectivity index (χ3n) is 4.14. The number of aryl methyl sites for hydroxylation is 1. The van der Waals surface area contributed by atoms with E-state index < -0.39 is 35.4 Å². The van der Waals surface area contributed by atoms with E-state index in [0.29, 0.717) is 0 Å². The van der Waals surface area contributed by atoms with E-state index in [4.69, 9.17) is 28.3 Å². The summed E-state index contributed by atoms with van der Waals surface area (Å²) in [4.78, 5) is 11.1. The summed E-state index contributed by atoms with van der Waals surface area (Å²) >= 11 is 11.5. The van der Waals surface area contributed by atoms with Crippen LogP contribution >= 0.6 is 23.2 Å². The molecule has 3 N–H and O–H groups in total. The number of carboxylic acid groups (broad SMARTS) is 1. The van der Waals surface area contributed by atoms with Crippen molar-refractivity contribution in [1.82, 2.24) is 0 Å². The quantitative estimate of drug-likeness (QED) is 0.349. The van der Waals surface area contributed by atoms with Crippen LogP contribution in [-0.4, -0.2) is 33.3 Å². The van der Waals surface area contributed by atoms with Crippen molar-refractivity contribution >= 4 is 34.9 Å². The van der Waals surface area contributed by atoms with Crippen molar-refractivity contribution in [1.29, 1.82) is 0 Å². The Hall–Kier alpha value is -2.29. The number of hydrogen-bond acceptors (Lipinski definition) is 4. The van der Waals surface area contributed by atoms with E-state index in [2.05, 4.69) is 5.16 Å². The summed E-state index contributed by atoms with van der Waals surface area (Å²) in [6, 6.07) is 6.64. The van der Waals surface area contributed by atoms with Crippen LogP contribution in [0, 0.1) is 6.92 Å². The second-order valence-corrected chi connectivity index (χ2v) is 6.95. The van der Waals surface area contributed by atoms with Gasteiger partial charge in [0, 0.05) is 16.5 Å². The van der Waals surface area contributed by atoms with Crippen LogP contribution in [0.3, 0.4) is 0 Å². The molecule has 0 aliphatic carbocycles. The van der Waals surface area contributed by atoms with Gasteiger partial charge in [-0.2, -0.15) is 13.2 Å². The van der Waals surface area contributed by atoms with Crippen molar-refractivity contribution in [3.8, 4) is 0 Å². The molecule has 0 saturated heterocycles. The number of aliphatic hydroxyl groups is 1. The van der Waals surface area contributed by atoms with E-state index in [-0.39, 0.29) is 26.7 Å². The molecular weight excluding hydrogens is 422 g/mol. The highest BCUT2D eigenvalue weighted by atomic mass is 35.5. The molecule has 2 rings (SSSR count). The topological polar surface area (TPSA) is 90.1 Å². The fourth-order valence-corrected chi connectivity index (χ4v) is 3.21. The summed E-state index contributed by atoms with van der Waals surface area (Å²) in [6.45, 7) is 1.44. The van der Waals surface area contributed by atoms with E-state index >= 15 is 0 Å². The maximum absolute atomic E-state index is 13.8. The zero-order valence-corrected chi connectivity index (χ0v) is 15.8. The van der Waals surface area contributed by atoms with Crippen LogP contribution in [-0.2, 0) is 5.60 Å². The minimum absolute atomic E-state index is 0.0146. The van der Waals surface area contributed by atoms with Gasteiger partial charge < -0.3 is 15.4 Å². The van der Waals surface area contributed by atoms with Gasteiger partial charge in [0.2, 0.25) is 0 Å². The highest BCUT2D eigenvalue weighted by Gasteiger charge is 2.55. The van der Waals surface area contributed by atoms with Gasteiger partial charge in [-0.3, -0.25) is 0 Å². The molecule has 0 aromatic heterocycles. The molecule has 0 spiro atoms. The Morgan fingerprint density at radius 2 is 1.68 bits per heavy atom. The van der Waals surface area contributed by atoms with Crippen LogP contribution in [0.5, 0.6) is 0 Å². The molecule has 150 valence electrons. The Morgan fingerprint density at radius 3 is 2.11 bits per heavy atom. The molecule has 5 nitrogen and oxygen atoms in total. The smallest absolute Gasteiger partial charge is 0.421 e. The third kappa shape index (κ3) is 4.40. The number of rotatable bonds is 5. The number of halogens is 5. The molecule has 0 amide bonds. The number of hydrogen-bond donors (Lipinski definition) is 3. The van der Waals surface area contributed by atoms with Gasteiger partial charge in [0.25, 0.3) is 0 Å². The summed E-state index contributed by atoms with van der Waals surface area (Å²) in [5, 5.41) is 31.5. The molecule has 2 aromatic carbocycles. The molecular formula is C18H14Cl2F3NO4. The van der Waals surface area contributed by atoms with Gasteiger partial charge >= 0.3 is 12.1 Å². The van der Waals surface area contributed by atoms with Crippen molar-refractivity contribution in [3.05, 3.63) is 68.7 Å². The molecule has 1 unspecified atom stereocenters. The average molecular weight is 436 g/mol. The van der Waals surface area contributed by atoms with Crippen molar-refractivity contribution < 1.29 is 33.4 Å². The zero-order valence-electron chi connectivity index (χ0n) is 14.3. The normalized spacial score (nSPS) is 14.6. The summed E-state index contributed by atoms with van der Waals surface area (Å²) in [6.07, 6.45) is -6.32. The lowest BCUT2D eigenvalue weighted by molar-refractivity contribution is -0.263. The first-order valence-corrected chi connectivity index (χ1v) is 8.45. The van der Waals surface area contributed by atoms with Crippen molar-refractivity contribution in [2.45, 2.75) is 25.1 Å². The zero-order chi connectivity index (χ0) is 21.3. The number of alkyl halides is 3. The van der Waals surface area contributed by atoms with E-state index in [1.807, 2.05) is 0 Å². The maximum Gasteiger partial charge on any atom is 0.421 e. The van der Waals surface area contributed by atoms with E-state index in [9.17, 15) is 28.3 Å². The number of aromatic carboxylic acids is 1. The Labute approximate surface area is 167 Å². The Balaban J connectivity index is 2.54. The first-order chi connectivity index (χ1) is 12.9. The molecule has 0 heterocycles. The predicted octanol–water partition coefficient (Wildman–Crippen LogP) is 5.02. The van der Waals surface area contributed by atoms with Gasteiger partial charge in [-0.1, -0.05) is 34.4 Å². The predicted molar refractivity (Wildman–Crippen MR) is 97.5 cm³/mol. The molecule has 0 fully saturated rings. The minimum Gasteiger partial charge on any atom is -0.478 e.